The predicted octanol–water partition coefficient (Wildman–Crippen LogP) is 5.46. The summed E-state index contributed by atoms with van der Waals surface area (Å²) in [5, 5.41) is 2.75. The standard InChI is InChI=1S/C33H47N6O8P/c1-7-12-23(13-8-2)18-44-29(41)22(3)38-48(43,47-25-14-10-9-11-15-25)46-20-33(19-45-30(42)32(4,5)6)16-24(33)17-39-21-35-26-27(39)36-31(34)37-28(26)40/h9-11,14-15,17,21-23H,7-8,12-13,16,18-20H2,1-6H3,(H,38,43)(H3,34,36,37,40)/b24-17-/t22-,33?,48-/m0/s1. The van der Waals surface area contributed by atoms with E-state index < -0.39 is 42.1 Å². The summed E-state index contributed by atoms with van der Waals surface area (Å²) in [4.78, 5) is 48.9. The average Bonchev–Trinajstić information content (AvgIpc) is 3.56. The van der Waals surface area contributed by atoms with Crippen molar-refractivity contribution in [2.75, 3.05) is 25.6 Å². The van der Waals surface area contributed by atoms with Crippen LogP contribution < -0.4 is 20.9 Å². The summed E-state index contributed by atoms with van der Waals surface area (Å²) < 4.78 is 39.1. The lowest BCUT2D eigenvalue weighted by atomic mass is 9.97. The van der Waals surface area contributed by atoms with Crippen LogP contribution in [0.25, 0.3) is 17.4 Å². The number of ether oxygens (including phenoxy) is 2. The number of imidazole rings is 1. The van der Waals surface area contributed by atoms with Gasteiger partial charge in [-0.15, -0.1) is 0 Å². The molecule has 2 aromatic heterocycles. The van der Waals surface area contributed by atoms with Gasteiger partial charge in [0.05, 0.1) is 24.0 Å². The summed E-state index contributed by atoms with van der Waals surface area (Å²) in [6.07, 6.45) is 7.35. The number of carbonyl (C=O) groups excluding carboxylic acids is 2. The number of H-pyrrole nitrogens is 1. The van der Waals surface area contributed by atoms with Crippen LogP contribution in [0.5, 0.6) is 5.75 Å². The molecule has 4 N–H and O–H groups in total. The van der Waals surface area contributed by atoms with Gasteiger partial charge in [-0.1, -0.05) is 44.9 Å². The summed E-state index contributed by atoms with van der Waals surface area (Å²) in [6.45, 7) is 10.9. The van der Waals surface area contributed by atoms with Crippen molar-refractivity contribution in [3.8, 4) is 5.75 Å². The van der Waals surface area contributed by atoms with Gasteiger partial charge in [-0.3, -0.25) is 28.5 Å². The highest BCUT2D eigenvalue weighted by molar-refractivity contribution is 7.52. The molecule has 0 spiro atoms. The van der Waals surface area contributed by atoms with E-state index in [1.807, 2.05) is 0 Å². The van der Waals surface area contributed by atoms with Crippen LogP contribution in [0.1, 0.15) is 73.6 Å². The van der Waals surface area contributed by atoms with Crippen LogP contribution in [-0.2, 0) is 28.2 Å². The first kappa shape index (κ1) is 36.8. The molecule has 1 unspecified atom stereocenters. The molecule has 2 heterocycles. The molecule has 48 heavy (non-hydrogen) atoms. The Morgan fingerprint density at radius 2 is 1.83 bits per heavy atom. The van der Waals surface area contributed by atoms with Crippen LogP contribution in [0, 0.1) is 16.7 Å². The lowest BCUT2D eigenvalue weighted by molar-refractivity contribution is -0.155. The van der Waals surface area contributed by atoms with Crippen molar-refractivity contribution in [1.29, 1.82) is 0 Å². The van der Waals surface area contributed by atoms with Crippen LogP contribution in [0.15, 0.2) is 47.0 Å². The fourth-order valence-electron chi connectivity index (χ4n) is 5.12. The highest BCUT2D eigenvalue weighted by Crippen LogP contribution is 2.56. The number of nitrogens with zero attached hydrogens (tertiary/aromatic N) is 3. The first-order chi connectivity index (χ1) is 22.7. The number of nitrogens with one attached hydrogen (secondary N) is 2. The fourth-order valence-corrected chi connectivity index (χ4v) is 6.69. The summed E-state index contributed by atoms with van der Waals surface area (Å²) in [5.74, 6) is -0.570. The van der Waals surface area contributed by atoms with Crippen LogP contribution in [0.2, 0.25) is 0 Å². The van der Waals surface area contributed by atoms with Crippen molar-refractivity contribution in [2.24, 2.45) is 16.7 Å². The molecule has 1 aliphatic carbocycles. The van der Waals surface area contributed by atoms with Gasteiger partial charge in [0, 0.05) is 6.20 Å². The Morgan fingerprint density at radius 3 is 2.48 bits per heavy atom. The van der Waals surface area contributed by atoms with Gasteiger partial charge in [0.15, 0.2) is 11.2 Å². The number of anilines is 1. The molecule has 15 heteroatoms. The first-order valence-corrected chi connectivity index (χ1v) is 17.8. The molecule has 1 fully saturated rings. The third kappa shape index (κ3) is 9.55. The Bertz CT molecular complexity index is 1710. The SMILES string of the molecule is CCCC(CCC)COC(=O)[C@H](C)N[P@](=O)(OCC1(COC(=O)C(C)(C)C)C/C1=C/n1cnc2c(=O)[nH]c(N)nc21)Oc1ccccc1. The largest absolute Gasteiger partial charge is 0.464 e. The molecule has 4 rings (SSSR count). The number of para-hydroxylation sites is 1. The van der Waals surface area contributed by atoms with Crippen LogP contribution in [0.3, 0.4) is 0 Å². The number of nitrogen functional groups attached to an aromatic ring is 1. The van der Waals surface area contributed by atoms with Gasteiger partial charge >= 0.3 is 19.7 Å². The van der Waals surface area contributed by atoms with Gasteiger partial charge in [0.1, 0.15) is 24.7 Å². The van der Waals surface area contributed by atoms with Gasteiger partial charge in [0.25, 0.3) is 5.56 Å². The lowest BCUT2D eigenvalue weighted by Gasteiger charge is -2.26. The predicted molar refractivity (Wildman–Crippen MR) is 182 cm³/mol. The number of nitrogens with two attached hydrogens (primary N) is 1. The van der Waals surface area contributed by atoms with E-state index >= 15 is 0 Å². The number of fused-ring (bicyclic) bond motifs is 1. The van der Waals surface area contributed by atoms with E-state index in [2.05, 4.69) is 33.9 Å². The molecule has 0 saturated heterocycles. The third-order valence-corrected chi connectivity index (χ3v) is 9.59. The van der Waals surface area contributed by atoms with Crippen LogP contribution >= 0.6 is 7.75 Å². The van der Waals surface area contributed by atoms with Crippen molar-refractivity contribution < 1.29 is 32.7 Å². The molecule has 1 saturated carbocycles. The van der Waals surface area contributed by atoms with E-state index in [9.17, 15) is 18.9 Å². The Morgan fingerprint density at radius 1 is 1.15 bits per heavy atom. The number of esters is 2. The maximum atomic E-state index is 14.3. The zero-order valence-corrected chi connectivity index (χ0v) is 29.4. The average molecular weight is 687 g/mol. The minimum Gasteiger partial charge on any atom is -0.464 e. The summed E-state index contributed by atoms with van der Waals surface area (Å²) in [6, 6.07) is 7.43. The highest BCUT2D eigenvalue weighted by atomic mass is 31.2. The fraction of sp³-hybridized carbons (Fsp3) is 0.545. The molecule has 1 aliphatic rings. The highest BCUT2D eigenvalue weighted by Gasteiger charge is 2.53. The number of benzene rings is 1. The Balaban J connectivity index is 1.58. The molecule has 262 valence electrons. The van der Waals surface area contributed by atoms with Crippen molar-refractivity contribution in [3.05, 3.63) is 52.6 Å². The smallest absolute Gasteiger partial charge is 0.459 e. The van der Waals surface area contributed by atoms with Crippen LogP contribution in [-0.4, -0.2) is 57.3 Å². The number of aromatic amines is 1. The van der Waals surface area contributed by atoms with Crippen molar-refractivity contribution in [3.63, 3.8) is 0 Å². The number of rotatable bonds is 17. The first-order valence-electron chi connectivity index (χ1n) is 16.2. The Kier molecular flexibility index (Phi) is 11.9. The van der Waals surface area contributed by atoms with Gasteiger partial charge in [0.2, 0.25) is 5.95 Å². The minimum atomic E-state index is -4.22. The van der Waals surface area contributed by atoms with E-state index in [1.165, 1.54) is 13.3 Å². The van der Waals surface area contributed by atoms with Gasteiger partial charge in [-0.25, -0.2) is 9.55 Å². The zero-order chi connectivity index (χ0) is 35.1. The molecular formula is C33H47N6O8P. The Hall–Kier alpha value is -4.00. The number of carbonyl (C=O) groups is 2. The molecule has 3 atom stereocenters. The molecule has 3 aromatic rings. The molecule has 1 aromatic carbocycles. The number of hydrogen-bond acceptors (Lipinski definition) is 11. The minimum absolute atomic E-state index is 0.0684. The quantitative estimate of drug-likeness (QED) is 0.120. The van der Waals surface area contributed by atoms with E-state index in [0.717, 1.165) is 31.3 Å². The summed E-state index contributed by atoms with van der Waals surface area (Å²) in [7, 11) is -4.22. The van der Waals surface area contributed by atoms with Gasteiger partial charge in [-0.2, -0.15) is 10.1 Å². The molecule has 0 aliphatic heterocycles. The second kappa shape index (κ2) is 15.5. The van der Waals surface area contributed by atoms with Crippen LogP contribution in [0.4, 0.5) is 5.95 Å². The van der Waals surface area contributed by atoms with Gasteiger partial charge < -0.3 is 19.7 Å². The van der Waals surface area contributed by atoms with E-state index in [4.69, 9.17) is 24.3 Å². The van der Waals surface area contributed by atoms with E-state index in [1.54, 1.807) is 61.9 Å². The van der Waals surface area contributed by atoms with E-state index in [0.29, 0.717) is 6.42 Å². The normalized spacial score (nSPS) is 18.9. The molecule has 0 bridgehead atoms. The third-order valence-electron chi connectivity index (χ3n) is 7.96. The maximum absolute atomic E-state index is 14.3. The molecule has 0 radical (unpaired) electrons. The zero-order valence-electron chi connectivity index (χ0n) is 28.5. The topological polar surface area (TPSA) is 190 Å². The molecular weight excluding hydrogens is 639 g/mol. The second-order valence-corrected chi connectivity index (χ2v) is 15.0. The van der Waals surface area contributed by atoms with Gasteiger partial charge in [-0.05, 0) is 70.6 Å². The summed E-state index contributed by atoms with van der Waals surface area (Å²) in [5.41, 5.74) is 4.70. The Labute approximate surface area is 280 Å². The number of hydrogen-bond donors (Lipinski definition) is 3. The van der Waals surface area contributed by atoms with E-state index in [-0.39, 0.29) is 48.6 Å². The maximum Gasteiger partial charge on any atom is 0.459 e. The van der Waals surface area contributed by atoms with Crippen molar-refractivity contribution in [1.82, 2.24) is 24.6 Å². The van der Waals surface area contributed by atoms with Crippen molar-refractivity contribution >= 4 is 43.0 Å². The second-order valence-electron chi connectivity index (χ2n) is 13.3. The monoisotopic (exact) mass is 686 g/mol. The molecule has 14 nitrogen and oxygen atoms in total. The lowest BCUT2D eigenvalue weighted by Crippen LogP contribution is -2.36. The number of aromatic nitrogens is 4. The molecule has 0 amide bonds. The summed E-state index contributed by atoms with van der Waals surface area (Å²) >= 11 is 0. The van der Waals surface area contributed by atoms with Crippen molar-refractivity contribution in [2.45, 2.75) is 79.7 Å².